The second-order valence-electron chi connectivity index (χ2n) is 4.24. The highest BCUT2D eigenvalue weighted by molar-refractivity contribution is 9.10. The van der Waals surface area contributed by atoms with Crippen LogP contribution in [0.4, 0.5) is 5.69 Å². The molecule has 6 nitrogen and oxygen atoms in total. The van der Waals surface area contributed by atoms with E-state index in [1.165, 1.54) is 18.2 Å². The molecule has 0 atom stereocenters. The van der Waals surface area contributed by atoms with Crippen LogP contribution >= 0.6 is 15.9 Å². The molecule has 0 radical (unpaired) electrons. The second-order valence-corrected chi connectivity index (χ2v) is 6.78. The van der Waals surface area contributed by atoms with Gasteiger partial charge in [0.2, 0.25) is 10.0 Å². The van der Waals surface area contributed by atoms with Gasteiger partial charge >= 0.3 is 0 Å². The minimum absolute atomic E-state index is 0.00769. The third kappa shape index (κ3) is 3.67. The molecule has 1 aromatic rings. The summed E-state index contributed by atoms with van der Waals surface area (Å²) in [5.74, 6) is 0. The topological polar surface area (TPSA) is 113 Å². The molecule has 0 aliphatic carbocycles. The lowest BCUT2D eigenvalue weighted by Crippen LogP contribution is -2.53. The fourth-order valence-corrected chi connectivity index (χ4v) is 3.44. The Balaban J connectivity index is 3.14. The van der Waals surface area contributed by atoms with Gasteiger partial charge in [0.05, 0.1) is 23.6 Å². The van der Waals surface area contributed by atoms with Crippen molar-refractivity contribution in [3.63, 3.8) is 0 Å². The van der Waals surface area contributed by atoms with Gasteiger partial charge in [-0.25, -0.2) is 13.1 Å². The first-order valence-corrected chi connectivity index (χ1v) is 7.88. The van der Waals surface area contributed by atoms with E-state index in [0.717, 1.165) is 0 Å². The Bertz CT molecular complexity index is 535. The average molecular weight is 353 g/mol. The number of aliphatic hydroxyl groups excluding tert-OH is 2. The fourth-order valence-electron chi connectivity index (χ4n) is 1.43. The van der Waals surface area contributed by atoms with Gasteiger partial charge < -0.3 is 15.9 Å². The molecule has 0 aromatic heterocycles. The average Bonchev–Trinajstić information content (AvgIpc) is 2.39. The molecule has 0 saturated heterocycles. The highest BCUT2D eigenvalue weighted by atomic mass is 79.9. The van der Waals surface area contributed by atoms with Crippen LogP contribution in [-0.2, 0) is 10.0 Å². The molecule has 0 amide bonds. The summed E-state index contributed by atoms with van der Waals surface area (Å²) in [7, 11) is -3.85. The summed E-state index contributed by atoms with van der Waals surface area (Å²) in [5.41, 5.74) is 4.75. The maximum Gasteiger partial charge on any atom is 0.241 e. The third-order valence-corrected chi connectivity index (χ3v) is 5.18. The Kier molecular flexibility index (Phi) is 5.34. The van der Waals surface area contributed by atoms with E-state index in [-0.39, 0.29) is 11.3 Å². The summed E-state index contributed by atoms with van der Waals surface area (Å²) >= 11 is 3.15. The molecule has 1 rings (SSSR count). The maximum atomic E-state index is 12.2. The molecule has 0 unspecified atom stereocenters. The molecule has 8 heteroatoms. The number of nitrogens with two attached hydrogens (primary N) is 1. The number of aliphatic hydroxyl groups is 2. The Hall–Kier alpha value is -0.670. The number of sulfonamides is 1. The Morgan fingerprint density at radius 1 is 1.37 bits per heavy atom. The van der Waals surface area contributed by atoms with Crippen molar-refractivity contribution in [2.24, 2.45) is 0 Å². The first-order valence-electron chi connectivity index (χ1n) is 5.61. The van der Waals surface area contributed by atoms with Crippen LogP contribution in [0.25, 0.3) is 0 Å². The van der Waals surface area contributed by atoms with Crippen LogP contribution in [0.3, 0.4) is 0 Å². The highest BCUT2D eigenvalue weighted by Crippen LogP contribution is 2.24. The van der Waals surface area contributed by atoms with Crippen LogP contribution in [0.2, 0.25) is 0 Å². The monoisotopic (exact) mass is 352 g/mol. The lowest BCUT2D eigenvalue weighted by molar-refractivity contribution is 0.105. The van der Waals surface area contributed by atoms with Crippen molar-refractivity contribution in [3.8, 4) is 0 Å². The number of hydrogen-bond acceptors (Lipinski definition) is 5. The van der Waals surface area contributed by atoms with Crippen LogP contribution in [0.5, 0.6) is 0 Å². The Morgan fingerprint density at radius 3 is 2.37 bits per heavy atom. The lowest BCUT2D eigenvalue weighted by atomic mass is 10.0. The quantitative estimate of drug-likeness (QED) is 0.555. The standard InChI is InChI=1S/C11H17BrN2O4S/c1-2-11(6-15,7-16)14-19(17,18)8-3-4-10(13)9(12)5-8/h3-5,14-16H,2,6-7,13H2,1H3. The number of hydrogen-bond donors (Lipinski definition) is 4. The van der Waals surface area contributed by atoms with Gasteiger partial charge in [-0.1, -0.05) is 6.92 Å². The van der Waals surface area contributed by atoms with Crippen LogP contribution in [-0.4, -0.2) is 37.4 Å². The largest absolute Gasteiger partial charge is 0.398 e. The van der Waals surface area contributed by atoms with Crippen molar-refractivity contribution in [2.45, 2.75) is 23.8 Å². The van der Waals surface area contributed by atoms with Crippen molar-refractivity contribution < 1.29 is 18.6 Å². The van der Waals surface area contributed by atoms with E-state index in [1.807, 2.05) is 0 Å². The van der Waals surface area contributed by atoms with E-state index in [0.29, 0.717) is 10.2 Å². The van der Waals surface area contributed by atoms with Crippen molar-refractivity contribution in [3.05, 3.63) is 22.7 Å². The van der Waals surface area contributed by atoms with Gasteiger partial charge in [0.15, 0.2) is 0 Å². The molecule has 19 heavy (non-hydrogen) atoms. The summed E-state index contributed by atoms with van der Waals surface area (Å²) in [6.45, 7) is 0.693. The predicted octanol–water partition coefficient (Wildman–Crippen LogP) is 0.443. The van der Waals surface area contributed by atoms with E-state index < -0.39 is 28.8 Å². The van der Waals surface area contributed by atoms with Crippen LogP contribution in [0.1, 0.15) is 13.3 Å². The Morgan fingerprint density at radius 2 is 1.95 bits per heavy atom. The van der Waals surface area contributed by atoms with E-state index in [9.17, 15) is 18.6 Å². The van der Waals surface area contributed by atoms with Gasteiger partial charge in [0.1, 0.15) is 0 Å². The summed E-state index contributed by atoms with van der Waals surface area (Å²) in [6, 6.07) is 4.19. The summed E-state index contributed by atoms with van der Waals surface area (Å²) < 4.78 is 27.2. The SMILES string of the molecule is CCC(CO)(CO)NS(=O)(=O)c1ccc(N)c(Br)c1. The molecule has 0 spiro atoms. The number of rotatable bonds is 6. The normalized spacial score (nSPS) is 12.6. The van der Waals surface area contributed by atoms with Crippen LogP contribution < -0.4 is 10.5 Å². The highest BCUT2D eigenvalue weighted by Gasteiger charge is 2.32. The second kappa shape index (κ2) is 6.19. The number of benzene rings is 1. The van der Waals surface area contributed by atoms with Gasteiger partial charge in [-0.15, -0.1) is 0 Å². The van der Waals surface area contributed by atoms with Gasteiger partial charge in [-0.3, -0.25) is 0 Å². The van der Waals surface area contributed by atoms with Crippen molar-refractivity contribution >= 4 is 31.6 Å². The number of halogens is 1. The maximum absolute atomic E-state index is 12.2. The van der Waals surface area contributed by atoms with E-state index >= 15 is 0 Å². The molecule has 0 aliphatic rings. The van der Waals surface area contributed by atoms with Crippen LogP contribution in [0, 0.1) is 0 Å². The lowest BCUT2D eigenvalue weighted by Gasteiger charge is -2.29. The molecule has 0 fully saturated rings. The number of anilines is 1. The molecule has 108 valence electrons. The number of nitrogen functional groups attached to an aromatic ring is 1. The van der Waals surface area contributed by atoms with Crippen molar-refractivity contribution in [1.29, 1.82) is 0 Å². The van der Waals surface area contributed by atoms with Crippen molar-refractivity contribution in [2.75, 3.05) is 18.9 Å². The van der Waals surface area contributed by atoms with Gasteiger partial charge in [0.25, 0.3) is 0 Å². The molecule has 1 aromatic carbocycles. The first-order chi connectivity index (χ1) is 8.80. The zero-order valence-electron chi connectivity index (χ0n) is 10.4. The minimum Gasteiger partial charge on any atom is -0.398 e. The molecule has 0 saturated carbocycles. The smallest absolute Gasteiger partial charge is 0.241 e. The minimum atomic E-state index is -3.85. The van der Waals surface area contributed by atoms with Gasteiger partial charge in [-0.05, 0) is 40.5 Å². The molecular weight excluding hydrogens is 336 g/mol. The summed E-state index contributed by atoms with van der Waals surface area (Å²) in [6.07, 6.45) is 0.259. The molecular formula is C11H17BrN2O4S. The zero-order chi connectivity index (χ0) is 14.7. The number of nitrogens with one attached hydrogen (secondary N) is 1. The molecule has 0 bridgehead atoms. The van der Waals surface area contributed by atoms with Crippen molar-refractivity contribution in [1.82, 2.24) is 4.72 Å². The van der Waals surface area contributed by atoms with Gasteiger partial charge in [-0.2, -0.15) is 0 Å². The fraction of sp³-hybridized carbons (Fsp3) is 0.455. The zero-order valence-corrected chi connectivity index (χ0v) is 12.8. The molecule has 0 aliphatic heterocycles. The first kappa shape index (κ1) is 16.4. The van der Waals surface area contributed by atoms with Crippen LogP contribution in [0.15, 0.2) is 27.6 Å². The summed E-state index contributed by atoms with van der Waals surface area (Å²) in [5, 5.41) is 18.5. The van der Waals surface area contributed by atoms with E-state index in [4.69, 9.17) is 5.73 Å². The Labute approximate surface area is 120 Å². The third-order valence-electron chi connectivity index (χ3n) is 2.92. The van der Waals surface area contributed by atoms with E-state index in [2.05, 4.69) is 20.7 Å². The predicted molar refractivity (Wildman–Crippen MR) is 76.1 cm³/mol. The molecule has 0 heterocycles. The van der Waals surface area contributed by atoms with Gasteiger partial charge in [0, 0.05) is 10.2 Å². The van der Waals surface area contributed by atoms with E-state index in [1.54, 1.807) is 6.92 Å². The summed E-state index contributed by atoms with van der Waals surface area (Å²) in [4.78, 5) is 0.00769. The molecule has 5 N–H and O–H groups in total.